The molecule has 4 rings (SSSR count). The summed E-state index contributed by atoms with van der Waals surface area (Å²) in [5, 5.41) is 8.26. The highest BCUT2D eigenvalue weighted by atomic mass is 16.5. The van der Waals surface area contributed by atoms with E-state index in [-0.39, 0.29) is 11.8 Å². The second kappa shape index (κ2) is 7.65. The SMILES string of the molecule is C[C@H](Oc1ccccc1)C(=O)N1CCC(c2nnc(-c3ccoc3)o2)CC1. The second-order valence-corrected chi connectivity index (χ2v) is 6.63. The number of carbonyl (C=O) groups excluding carboxylic acids is 1. The Bertz CT molecular complexity index is 868. The van der Waals surface area contributed by atoms with Gasteiger partial charge >= 0.3 is 0 Å². The highest BCUT2D eigenvalue weighted by Gasteiger charge is 2.30. The molecular weight excluding hydrogens is 346 g/mol. The van der Waals surface area contributed by atoms with Crippen LogP contribution in [-0.2, 0) is 4.79 Å². The Kier molecular flexibility index (Phi) is 4.91. The predicted octanol–water partition coefficient (Wildman–Crippen LogP) is 3.50. The predicted molar refractivity (Wildman–Crippen MR) is 97.1 cm³/mol. The fraction of sp³-hybridized carbons (Fsp3) is 0.350. The number of furan rings is 1. The number of nitrogens with zero attached hydrogens (tertiary/aromatic N) is 3. The molecule has 3 aromatic rings. The third kappa shape index (κ3) is 3.86. The molecule has 0 unspecified atom stereocenters. The Labute approximate surface area is 156 Å². The first-order valence-electron chi connectivity index (χ1n) is 9.07. The molecule has 0 aliphatic carbocycles. The number of ether oxygens (including phenoxy) is 1. The van der Waals surface area contributed by atoms with Gasteiger partial charge in [-0.3, -0.25) is 4.79 Å². The fourth-order valence-corrected chi connectivity index (χ4v) is 3.26. The zero-order valence-electron chi connectivity index (χ0n) is 15.1. The van der Waals surface area contributed by atoms with Crippen LogP contribution in [0.5, 0.6) is 5.75 Å². The smallest absolute Gasteiger partial charge is 0.263 e. The highest BCUT2D eigenvalue weighted by Crippen LogP contribution is 2.29. The van der Waals surface area contributed by atoms with Crippen LogP contribution in [0.15, 0.2) is 57.8 Å². The van der Waals surface area contributed by atoms with E-state index in [2.05, 4.69) is 10.2 Å². The maximum absolute atomic E-state index is 12.6. The van der Waals surface area contributed by atoms with Crippen molar-refractivity contribution < 1.29 is 18.4 Å². The molecule has 3 heterocycles. The number of likely N-dealkylation sites (tertiary alicyclic amines) is 1. The summed E-state index contributed by atoms with van der Waals surface area (Å²) in [6, 6.07) is 11.2. The van der Waals surface area contributed by atoms with Gasteiger partial charge in [0, 0.05) is 19.0 Å². The summed E-state index contributed by atoms with van der Waals surface area (Å²) in [6.07, 6.45) is 4.21. The number of carbonyl (C=O) groups is 1. The van der Waals surface area contributed by atoms with Crippen molar-refractivity contribution in [2.45, 2.75) is 31.8 Å². The molecule has 0 saturated carbocycles. The van der Waals surface area contributed by atoms with Crippen molar-refractivity contribution in [1.29, 1.82) is 0 Å². The van der Waals surface area contributed by atoms with Gasteiger partial charge in [-0.05, 0) is 38.0 Å². The van der Waals surface area contributed by atoms with Gasteiger partial charge in [0.25, 0.3) is 11.8 Å². The zero-order valence-corrected chi connectivity index (χ0v) is 15.1. The Morgan fingerprint density at radius 3 is 2.67 bits per heavy atom. The lowest BCUT2D eigenvalue weighted by atomic mass is 9.96. The van der Waals surface area contributed by atoms with E-state index in [0.717, 1.165) is 18.4 Å². The number of piperidine rings is 1. The van der Waals surface area contributed by atoms with Crippen molar-refractivity contribution in [3.63, 3.8) is 0 Å². The minimum Gasteiger partial charge on any atom is -0.481 e. The Morgan fingerprint density at radius 1 is 1.19 bits per heavy atom. The van der Waals surface area contributed by atoms with Crippen molar-refractivity contribution in [3.8, 4) is 17.2 Å². The molecule has 2 aromatic heterocycles. The first-order chi connectivity index (χ1) is 13.2. The van der Waals surface area contributed by atoms with Gasteiger partial charge in [0.05, 0.1) is 11.8 Å². The fourth-order valence-electron chi connectivity index (χ4n) is 3.26. The lowest BCUT2D eigenvalue weighted by Crippen LogP contribution is -2.44. The lowest BCUT2D eigenvalue weighted by Gasteiger charge is -2.32. The molecule has 1 aromatic carbocycles. The molecule has 1 saturated heterocycles. The molecule has 1 atom stereocenters. The van der Waals surface area contributed by atoms with Crippen molar-refractivity contribution in [2.24, 2.45) is 0 Å². The topological polar surface area (TPSA) is 81.6 Å². The highest BCUT2D eigenvalue weighted by molar-refractivity contribution is 5.81. The van der Waals surface area contributed by atoms with Crippen LogP contribution in [0.25, 0.3) is 11.5 Å². The Morgan fingerprint density at radius 2 is 1.96 bits per heavy atom. The summed E-state index contributed by atoms with van der Waals surface area (Å²) in [4.78, 5) is 14.5. The number of aromatic nitrogens is 2. The van der Waals surface area contributed by atoms with Crippen molar-refractivity contribution in [3.05, 3.63) is 54.8 Å². The monoisotopic (exact) mass is 367 g/mol. The van der Waals surface area contributed by atoms with Crippen LogP contribution in [0, 0.1) is 0 Å². The zero-order chi connectivity index (χ0) is 18.6. The van der Waals surface area contributed by atoms with E-state index < -0.39 is 6.10 Å². The molecule has 0 radical (unpaired) electrons. The van der Waals surface area contributed by atoms with Gasteiger partial charge in [-0.2, -0.15) is 0 Å². The summed E-state index contributed by atoms with van der Waals surface area (Å²) >= 11 is 0. The number of para-hydroxylation sites is 1. The summed E-state index contributed by atoms with van der Waals surface area (Å²) in [6.45, 7) is 3.08. The van der Waals surface area contributed by atoms with Crippen LogP contribution in [-0.4, -0.2) is 40.2 Å². The number of rotatable bonds is 5. The largest absolute Gasteiger partial charge is 0.481 e. The number of hydrogen-bond donors (Lipinski definition) is 0. The quantitative estimate of drug-likeness (QED) is 0.686. The molecule has 140 valence electrons. The van der Waals surface area contributed by atoms with Crippen LogP contribution in [0.3, 0.4) is 0 Å². The maximum atomic E-state index is 12.6. The summed E-state index contributed by atoms with van der Waals surface area (Å²) in [7, 11) is 0. The molecule has 1 aliphatic rings. The number of amides is 1. The summed E-state index contributed by atoms with van der Waals surface area (Å²) in [5.41, 5.74) is 0.772. The number of hydrogen-bond acceptors (Lipinski definition) is 6. The standard InChI is InChI=1S/C20H21N3O4/c1-14(26-17-5-3-2-4-6-17)20(24)23-10-7-15(8-11-23)18-21-22-19(27-18)16-9-12-25-13-16/h2-6,9,12-15H,7-8,10-11H2,1H3/t14-/m0/s1. The third-order valence-corrected chi connectivity index (χ3v) is 4.77. The van der Waals surface area contributed by atoms with E-state index in [9.17, 15) is 4.79 Å². The average Bonchev–Trinajstić information content (AvgIpc) is 3.40. The van der Waals surface area contributed by atoms with Crippen molar-refractivity contribution in [1.82, 2.24) is 15.1 Å². The first kappa shape index (κ1) is 17.3. The maximum Gasteiger partial charge on any atom is 0.263 e. The molecule has 1 fully saturated rings. The van der Waals surface area contributed by atoms with E-state index >= 15 is 0 Å². The van der Waals surface area contributed by atoms with Gasteiger partial charge in [-0.25, -0.2) is 0 Å². The summed E-state index contributed by atoms with van der Waals surface area (Å²) in [5.74, 6) is 1.94. The molecule has 27 heavy (non-hydrogen) atoms. The summed E-state index contributed by atoms with van der Waals surface area (Å²) < 4.78 is 16.6. The van der Waals surface area contributed by atoms with E-state index in [0.29, 0.717) is 30.6 Å². The van der Waals surface area contributed by atoms with Gasteiger partial charge in [0.1, 0.15) is 12.0 Å². The van der Waals surface area contributed by atoms with E-state index in [1.54, 1.807) is 25.5 Å². The van der Waals surface area contributed by atoms with Gasteiger partial charge in [-0.1, -0.05) is 18.2 Å². The molecule has 1 aliphatic heterocycles. The number of benzene rings is 1. The molecule has 7 nitrogen and oxygen atoms in total. The molecular formula is C20H21N3O4. The lowest BCUT2D eigenvalue weighted by molar-refractivity contribution is -0.139. The first-order valence-corrected chi connectivity index (χ1v) is 9.07. The minimum atomic E-state index is -0.514. The van der Waals surface area contributed by atoms with Crippen LogP contribution < -0.4 is 4.74 Å². The molecule has 7 heteroatoms. The molecule has 0 bridgehead atoms. The van der Waals surface area contributed by atoms with Gasteiger partial charge in [0.15, 0.2) is 6.10 Å². The van der Waals surface area contributed by atoms with Gasteiger partial charge in [0.2, 0.25) is 5.89 Å². The van der Waals surface area contributed by atoms with Crippen molar-refractivity contribution in [2.75, 3.05) is 13.1 Å². The van der Waals surface area contributed by atoms with Gasteiger partial charge < -0.3 is 18.5 Å². The molecule has 1 amide bonds. The van der Waals surface area contributed by atoms with E-state index in [1.165, 1.54) is 0 Å². The molecule has 0 N–H and O–H groups in total. The van der Waals surface area contributed by atoms with Crippen LogP contribution in [0.1, 0.15) is 31.6 Å². The molecule has 0 spiro atoms. The van der Waals surface area contributed by atoms with E-state index in [1.807, 2.05) is 35.2 Å². The third-order valence-electron chi connectivity index (χ3n) is 4.77. The Hall–Kier alpha value is -3.09. The second-order valence-electron chi connectivity index (χ2n) is 6.63. The normalized spacial score (nSPS) is 16.3. The van der Waals surface area contributed by atoms with Gasteiger partial charge in [-0.15, -0.1) is 10.2 Å². The van der Waals surface area contributed by atoms with Crippen molar-refractivity contribution >= 4 is 5.91 Å². The van der Waals surface area contributed by atoms with Crippen LogP contribution >= 0.6 is 0 Å². The van der Waals surface area contributed by atoms with Crippen LogP contribution in [0.2, 0.25) is 0 Å². The average molecular weight is 367 g/mol. The minimum absolute atomic E-state index is 0.00178. The van der Waals surface area contributed by atoms with E-state index in [4.69, 9.17) is 13.6 Å². The van der Waals surface area contributed by atoms with Crippen LogP contribution in [0.4, 0.5) is 0 Å². The Balaban J connectivity index is 1.32.